The Morgan fingerprint density at radius 1 is 1.23 bits per heavy atom. The minimum atomic E-state index is 0.612. The van der Waals surface area contributed by atoms with Gasteiger partial charge in [0.2, 0.25) is 0 Å². The normalized spacial score (nSPS) is 12.8. The van der Waals surface area contributed by atoms with Gasteiger partial charge in [-0.15, -0.1) is 0 Å². The Labute approximate surface area is 81.2 Å². The summed E-state index contributed by atoms with van der Waals surface area (Å²) < 4.78 is 0. The van der Waals surface area contributed by atoms with Gasteiger partial charge >= 0.3 is 0 Å². The Bertz CT molecular complexity index is 238. The van der Waals surface area contributed by atoms with Crippen LogP contribution in [0.15, 0.2) is 24.3 Å². The first-order valence-electron chi connectivity index (χ1n) is 5.01. The Kier molecular flexibility index (Phi) is 3.97. The summed E-state index contributed by atoms with van der Waals surface area (Å²) in [6.45, 7) is 7.52. The quantitative estimate of drug-likeness (QED) is 0.745. The molecule has 0 aliphatic rings. The topological polar surface area (TPSA) is 12.0 Å². The van der Waals surface area contributed by atoms with Crippen LogP contribution in [0.5, 0.6) is 0 Å². The summed E-state index contributed by atoms with van der Waals surface area (Å²) in [5, 5.41) is 3.47. The second kappa shape index (κ2) is 5.03. The second-order valence-electron chi connectivity index (χ2n) is 3.68. The maximum absolute atomic E-state index is 3.47. The van der Waals surface area contributed by atoms with Gasteiger partial charge in [-0.25, -0.2) is 0 Å². The van der Waals surface area contributed by atoms with Gasteiger partial charge in [0.05, 0.1) is 0 Å². The monoisotopic (exact) mass is 177 g/mol. The van der Waals surface area contributed by atoms with Gasteiger partial charge in [0, 0.05) is 12.6 Å². The van der Waals surface area contributed by atoms with Gasteiger partial charge in [-0.2, -0.15) is 0 Å². The Morgan fingerprint density at radius 2 is 1.85 bits per heavy atom. The van der Waals surface area contributed by atoms with Crippen molar-refractivity contribution in [2.24, 2.45) is 0 Å². The van der Waals surface area contributed by atoms with E-state index in [1.54, 1.807) is 0 Å². The molecule has 1 atom stereocenters. The van der Waals surface area contributed by atoms with Crippen molar-refractivity contribution in [3.05, 3.63) is 35.4 Å². The average Bonchev–Trinajstić information content (AvgIpc) is 2.16. The highest BCUT2D eigenvalue weighted by Crippen LogP contribution is 2.03. The average molecular weight is 177 g/mol. The minimum absolute atomic E-state index is 0.612. The summed E-state index contributed by atoms with van der Waals surface area (Å²) in [4.78, 5) is 0. The van der Waals surface area contributed by atoms with Crippen molar-refractivity contribution in [1.82, 2.24) is 5.32 Å². The number of benzene rings is 1. The number of aryl methyl sites for hydroxylation is 1. The summed E-state index contributed by atoms with van der Waals surface area (Å²) in [6.07, 6.45) is 1.19. The molecular weight excluding hydrogens is 158 g/mol. The maximum Gasteiger partial charge on any atom is 0.0207 e. The van der Waals surface area contributed by atoms with Gasteiger partial charge in [0.1, 0.15) is 0 Å². The number of hydrogen-bond acceptors (Lipinski definition) is 1. The van der Waals surface area contributed by atoms with E-state index in [1.807, 2.05) is 0 Å². The van der Waals surface area contributed by atoms with Gasteiger partial charge in [-0.3, -0.25) is 0 Å². The molecule has 0 aliphatic carbocycles. The predicted octanol–water partition coefficient (Wildman–Crippen LogP) is 2.88. The zero-order chi connectivity index (χ0) is 9.68. The summed E-state index contributed by atoms with van der Waals surface area (Å²) >= 11 is 0. The smallest absolute Gasteiger partial charge is 0.0207 e. The number of rotatable bonds is 4. The molecule has 0 spiro atoms. The molecule has 0 aliphatic heterocycles. The Morgan fingerprint density at radius 3 is 2.38 bits per heavy atom. The van der Waals surface area contributed by atoms with Crippen LogP contribution in [0.4, 0.5) is 0 Å². The van der Waals surface area contributed by atoms with Crippen LogP contribution < -0.4 is 5.32 Å². The van der Waals surface area contributed by atoms with Crippen LogP contribution >= 0.6 is 0 Å². The number of nitrogens with one attached hydrogen (secondary N) is 1. The van der Waals surface area contributed by atoms with Crippen LogP contribution in [-0.4, -0.2) is 6.04 Å². The fourth-order valence-electron chi connectivity index (χ4n) is 1.14. The van der Waals surface area contributed by atoms with Crippen molar-refractivity contribution >= 4 is 0 Å². The molecule has 0 saturated heterocycles. The molecule has 72 valence electrons. The molecule has 13 heavy (non-hydrogen) atoms. The molecule has 1 heteroatoms. The van der Waals surface area contributed by atoms with E-state index >= 15 is 0 Å². The maximum atomic E-state index is 3.47. The molecular formula is C12H19N. The molecule has 0 saturated carbocycles. The van der Waals surface area contributed by atoms with Crippen molar-refractivity contribution in [1.29, 1.82) is 0 Å². The highest BCUT2D eigenvalue weighted by molar-refractivity contribution is 5.21. The standard InChI is InChI=1S/C12H19N/c1-4-11(3)13-9-12-7-5-10(2)6-8-12/h5-8,11,13H,4,9H2,1-3H3. The van der Waals surface area contributed by atoms with Crippen LogP contribution in [0.25, 0.3) is 0 Å². The molecule has 1 nitrogen and oxygen atoms in total. The first-order valence-corrected chi connectivity index (χ1v) is 5.01. The van der Waals surface area contributed by atoms with Gasteiger partial charge in [0.25, 0.3) is 0 Å². The predicted molar refractivity (Wildman–Crippen MR) is 57.8 cm³/mol. The third-order valence-corrected chi connectivity index (χ3v) is 2.39. The molecule has 0 radical (unpaired) electrons. The minimum Gasteiger partial charge on any atom is -0.310 e. The van der Waals surface area contributed by atoms with E-state index in [1.165, 1.54) is 17.5 Å². The highest BCUT2D eigenvalue weighted by Gasteiger charge is 1.97. The van der Waals surface area contributed by atoms with Gasteiger partial charge in [-0.1, -0.05) is 36.8 Å². The van der Waals surface area contributed by atoms with E-state index in [0.29, 0.717) is 6.04 Å². The molecule has 1 aromatic carbocycles. The first kappa shape index (κ1) is 10.3. The summed E-state index contributed by atoms with van der Waals surface area (Å²) in [5.74, 6) is 0. The lowest BCUT2D eigenvalue weighted by Gasteiger charge is -2.10. The van der Waals surface area contributed by atoms with Crippen LogP contribution in [-0.2, 0) is 6.54 Å². The van der Waals surface area contributed by atoms with Crippen LogP contribution in [0, 0.1) is 6.92 Å². The second-order valence-corrected chi connectivity index (χ2v) is 3.68. The third kappa shape index (κ3) is 3.60. The van der Waals surface area contributed by atoms with Crippen molar-refractivity contribution in [2.75, 3.05) is 0 Å². The largest absolute Gasteiger partial charge is 0.310 e. The van der Waals surface area contributed by atoms with E-state index in [0.717, 1.165) is 6.54 Å². The molecule has 1 N–H and O–H groups in total. The van der Waals surface area contributed by atoms with Gasteiger partial charge in [0.15, 0.2) is 0 Å². The van der Waals surface area contributed by atoms with Gasteiger partial charge in [-0.05, 0) is 25.8 Å². The van der Waals surface area contributed by atoms with E-state index in [2.05, 4.69) is 50.4 Å². The molecule has 0 amide bonds. The lowest BCUT2D eigenvalue weighted by Crippen LogP contribution is -2.24. The van der Waals surface area contributed by atoms with Crippen LogP contribution in [0.2, 0.25) is 0 Å². The first-order chi connectivity index (χ1) is 6.22. The molecule has 0 heterocycles. The lowest BCUT2D eigenvalue weighted by molar-refractivity contribution is 0.534. The van der Waals surface area contributed by atoms with Crippen molar-refractivity contribution in [3.63, 3.8) is 0 Å². The van der Waals surface area contributed by atoms with E-state index in [9.17, 15) is 0 Å². The SMILES string of the molecule is CCC(C)NCc1ccc(C)cc1. The van der Waals surface area contributed by atoms with Crippen LogP contribution in [0.3, 0.4) is 0 Å². The number of hydrogen-bond donors (Lipinski definition) is 1. The summed E-state index contributed by atoms with van der Waals surface area (Å²) in [5.41, 5.74) is 2.69. The molecule has 0 bridgehead atoms. The summed E-state index contributed by atoms with van der Waals surface area (Å²) in [7, 11) is 0. The van der Waals surface area contributed by atoms with Crippen molar-refractivity contribution in [3.8, 4) is 0 Å². The molecule has 1 rings (SSSR count). The Balaban J connectivity index is 2.41. The molecule has 0 aromatic heterocycles. The van der Waals surface area contributed by atoms with Crippen molar-refractivity contribution < 1.29 is 0 Å². The molecule has 0 fully saturated rings. The lowest BCUT2D eigenvalue weighted by atomic mass is 10.1. The fraction of sp³-hybridized carbons (Fsp3) is 0.500. The fourth-order valence-corrected chi connectivity index (χ4v) is 1.14. The molecule has 1 unspecified atom stereocenters. The van der Waals surface area contributed by atoms with Crippen LogP contribution in [0.1, 0.15) is 31.4 Å². The zero-order valence-electron chi connectivity index (χ0n) is 8.80. The van der Waals surface area contributed by atoms with E-state index < -0.39 is 0 Å². The zero-order valence-corrected chi connectivity index (χ0v) is 8.80. The molecule has 1 aromatic rings. The Hall–Kier alpha value is -0.820. The van der Waals surface area contributed by atoms with Gasteiger partial charge < -0.3 is 5.32 Å². The van der Waals surface area contributed by atoms with Crippen molar-refractivity contribution in [2.45, 2.75) is 39.8 Å². The highest BCUT2D eigenvalue weighted by atomic mass is 14.9. The van der Waals surface area contributed by atoms with E-state index in [-0.39, 0.29) is 0 Å². The summed E-state index contributed by atoms with van der Waals surface area (Å²) in [6, 6.07) is 9.30. The third-order valence-electron chi connectivity index (χ3n) is 2.39. The van der Waals surface area contributed by atoms with E-state index in [4.69, 9.17) is 0 Å².